The van der Waals surface area contributed by atoms with Gasteiger partial charge in [-0.15, -0.1) is 0 Å². The van der Waals surface area contributed by atoms with E-state index in [2.05, 4.69) is 5.32 Å². The molecule has 0 atom stereocenters. The van der Waals surface area contributed by atoms with E-state index >= 15 is 0 Å². The van der Waals surface area contributed by atoms with Crippen LogP contribution in [0.1, 0.15) is 24.0 Å². The first-order valence-electron chi connectivity index (χ1n) is 9.51. The number of amides is 2. The Hall–Kier alpha value is -2.58. The van der Waals surface area contributed by atoms with Crippen molar-refractivity contribution in [2.45, 2.75) is 26.7 Å². The van der Waals surface area contributed by atoms with Gasteiger partial charge in [0.05, 0.1) is 11.9 Å². The van der Waals surface area contributed by atoms with Gasteiger partial charge >= 0.3 is 0 Å². The smallest absolute Gasteiger partial charge is 0.245 e. The molecule has 3 rings (SSSR count). The Kier molecular flexibility index (Phi) is 6.38. The van der Waals surface area contributed by atoms with Gasteiger partial charge in [0.1, 0.15) is 6.54 Å². The molecule has 1 aliphatic rings. The Morgan fingerprint density at radius 3 is 2.50 bits per heavy atom. The van der Waals surface area contributed by atoms with Gasteiger partial charge in [-0.2, -0.15) is 0 Å². The molecule has 0 bridgehead atoms. The molecule has 0 spiro atoms. The first-order chi connectivity index (χ1) is 14.1. The molecule has 1 fully saturated rings. The van der Waals surface area contributed by atoms with Crippen LogP contribution in [0.3, 0.4) is 0 Å². The highest BCUT2D eigenvalue weighted by Crippen LogP contribution is 2.29. The molecule has 1 aliphatic heterocycles. The van der Waals surface area contributed by atoms with Crippen molar-refractivity contribution in [1.82, 2.24) is 0 Å². The highest BCUT2D eigenvalue weighted by Gasteiger charge is 2.25. The number of carbonyl (C=O) groups excluding carboxylic acids is 2. The van der Waals surface area contributed by atoms with Gasteiger partial charge < -0.3 is 10.2 Å². The number of hydrogen-bond acceptors (Lipinski definition) is 4. The Labute approximate surface area is 181 Å². The summed E-state index contributed by atoms with van der Waals surface area (Å²) >= 11 is 6.03. The van der Waals surface area contributed by atoms with Gasteiger partial charge in [0.2, 0.25) is 21.8 Å². The Bertz CT molecular complexity index is 1100. The predicted octanol–water partition coefficient (Wildman–Crippen LogP) is 3.49. The van der Waals surface area contributed by atoms with E-state index in [4.69, 9.17) is 11.6 Å². The fraction of sp³-hybridized carbons (Fsp3) is 0.333. The summed E-state index contributed by atoms with van der Waals surface area (Å²) in [6.45, 7) is 3.90. The highest BCUT2D eigenvalue weighted by molar-refractivity contribution is 7.92. The topological polar surface area (TPSA) is 86.8 Å². The average Bonchev–Trinajstić information content (AvgIpc) is 3.08. The van der Waals surface area contributed by atoms with Crippen LogP contribution < -0.4 is 14.5 Å². The van der Waals surface area contributed by atoms with Crippen LogP contribution in [-0.2, 0) is 19.6 Å². The molecule has 1 heterocycles. The van der Waals surface area contributed by atoms with Crippen LogP contribution in [0.2, 0.25) is 5.02 Å². The van der Waals surface area contributed by atoms with Crippen LogP contribution in [0.5, 0.6) is 0 Å². The molecule has 7 nitrogen and oxygen atoms in total. The molecule has 0 aromatic heterocycles. The SMILES string of the molecule is Cc1ccc(NC(=O)CN(c2cc(Cl)ccc2C)S(C)(=O)=O)cc1N1CCCC1=O. The van der Waals surface area contributed by atoms with Crippen LogP contribution in [0.4, 0.5) is 17.1 Å². The molecule has 2 amide bonds. The van der Waals surface area contributed by atoms with Crippen molar-refractivity contribution >= 4 is 50.5 Å². The second-order valence-electron chi connectivity index (χ2n) is 7.40. The normalized spacial score (nSPS) is 14.1. The van der Waals surface area contributed by atoms with Gasteiger partial charge in [0, 0.05) is 29.4 Å². The predicted molar refractivity (Wildman–Crippen MR) is 120 cm³/mol. The van der Waals surface area contributed by atoms with E-state index in [1.165, 1.54) is 6.07 Å². The lowest BCUT2D eigenvalue weighted by molar-refractivity contribution is -0.117. The summed E-state index contributed by atoms with van der Waals surface area (Å²) in [5.74, 6) is -0.441. The highest BCUT2D eigenvalue weighted by atomic mass is 35.5. The maximum absolute atomic E-state index is 12.7. The number of hydrogen-bond donors (Lipinski definition) is 1. The van der Waals surface area contributed by atoms with Gasteiger partial charge in [-0.25, -0.2) is 8.42 Å². The van der Waals surface area contributed by atoms with Crippen LogP contribution in [0, 0.1) is 13.8 Å². The minimum Gasteiger partial charge on any atom is -0.324 e. The molecule has 2 aromatic rings. The van der Waals surface area contributed by atoms with Gasteiger partial charge in [0.15, 0.2) is 0 Å². The average molecular weight is 450 g/mol. The van der Waals surface area contributed by atoms with Crippen LogP contribution in [-0.4, -0.2) is 39.6 Å². The molecular weight excluding hydrogens is 426 g/mol. The van der Waals surface area contributed by atoms with Crippen LogP contribution in [0.15, 0.2) is 36.4 Å². The zero-order chi connectivity index (χ0) is 22.1. The minimum atomic E-state index is -3.72. The maximum atomic E-state index is 12.7. The fourth-order valence-electron chi connectivity index (χ4n) is 3.44. The van der Waals surface area contributed by atoms with Gasteiger partial charge in [0.25, 0.3) is 0 Å². The van der Waals surface area contributed by atoms with Crippen molar-refractivity contribution in [2.75, 3.05) is 33.9 Å². The van der Waals surface area contributed by atoms with E-state index in [1.807, 2.05) is 13.0 Å². The summed E-state index contributed by atoms with van der Waals surface area (Å²) in [7, 11) is -3.72. The number of nitrogens with one attached hydrogen (secondary N) is 1. The lowest BCUT2D eigenvalue weighted by atomic mass is 10.1. The summed E-state index contributed by atoms with van der Waals surface area (Å²) in [6.07, 6.45) is 2.36. The first-order valence-corrected chi connectivity index (χ1v) is 11.7. The van der Waals surface area contributed by atoms with Crippen LogP contribution in [0.25, 0.3) is 0 Å². The third-order valence-electron chi connectivity index (χ3n) is 4.98. The quantitative estimate of drug-likeness (QED) is 0.731. The van der Waals surface area contributed by atoms with E-state index in [1.54, 1.807) is 36.1 Å². The molecule has 0 saturated carbocycles. The van der Waals surface area contributed by atoms with E-state index < -0.39 is 22.5 Å². The summed E-state index contributed by atoms with van der Waals surface area (Å²) in [5, 5.41) is 3.12. The first kappa shape index (κ1) is 22.1. The Balaban J connectivity index is 1.83. The number of rotatable bonds is 6. The van der Waals surface area contributed by atoms with Crippen molar-refractivity contribution < 1.29 is 18.0 Å². The van der Waals surface area contributed by atoms with Crippen molar-refractivity contribution in [3.05, 3.63) is 52.5 Å². The third kappa shape index (κ3) is 4.94. The lowest BCUT2D eigenvalue weighted by Gasteiger charge is -2.24. The summed E-state index contributed by atoms with van der Waals surface area (Å²) in [4.78, 5) is 26.5. The number of halogens is 1. The van der Waals surface area contributed by atoms with Crippen molar-refractivity contribution in [3.63, 3.8) is 0 Å². The van der Waals surface area contributed by atoms with E-state index in [0.29, 0.717) is 34.9 Å². The van der Waals surface area contributed by atoms with E-state index in [0.717, 1.165) is 28.2 Å². The molecule has 2 aromatic carbocycles. The largest absolute Gasteiger partial charge is 0.324 e. The van der Waals surface area contributed by atoms with Crippen molar-refractivity contribution in [3.8, 4) is 0 Å². The molecule has 1 N–H and O–H groups in total. The fourth-order valence-corrected chi connectivity index (χ4v) is 4.52. The molecule has 30 heavy (non-hydrogen) atoms. The maximum Gasteiger partial charge on any atom is 0.245 e. The number of carbonyl (C=O) groups is 2. The molecule has 9 heteroatoms. The van der Waals surface area contributed by atoms with E-state index in [-0.39, 0.29) is 5.91 Å². The summed E-state index contributed by atoms with van der Waals surface area (Å²) in [6, 6.07) is 10.2. The van der Waals surface area contributed by atoms with Gasteiger partial charge in [-0.05, 0) is 55.7 Å². The number of benzene rings is 2. The lowest BCUT2D eigenvalue weighted by Crippen LogP contribution is -2.38. The second kappa shape index (κ2) is 8.65. The van der Waals surface area contributed by atoms with E-state index in [9.17, 15) is 18.0 Å². The molecule has 0 radical (unpaired) electrons. The number of nitrogens with zero attached hydrogens (tertiary/aromatic N) is 2. The standard InChI is InChI=1S/C21H24ClN3O4S/c1-14-7-9-17(12-18(14)24-10-4-5-21(24)27)23-20(26)13-25(30(3,28)29)19-11-16(22)8-6-15(19)2/h6-9,11-12H,4-5,10,13H2,1-3H3,(H,23,26). The molecular formula is C21H24ClN3O4S. The monoisotopic (exact) mass is 449 g/mol. The Morgan fingerprint density at radius 2 is 1.87 bits per heavy atom. The van der Waals surface area contributed by atoms with Crippen LogP contribution >= 0.6 is 11.6 Å². The van der Waals surface area contributed by atoms with Gasteiger partial charge in [-0.3, -0.25) is 13.9 Å². The number of anilines is 3. The molecule has 0 unspecified atom stereocenters. The van der Waals surface area contributed by atoms with Crippen molar-refractivity contribution in [2.24, 2.45) is 0 Å². The second-order valence-corrected chi connectivity index (χ2v) is 9.74. The van der Waals surface area contributed by atoms with Crippen molar-refractivity contribution in [1.29, 1.82) is 0 Å². The molecule has 0 aliphatic carbocycles. The zero-order valence-corrected chi connectivity index (χ0v) is 18.7. The third-order valence-corrected chi connectivity index (χ3v) is 6.35. The Morgan fingerprint density at radius 1 is 1.17 bits per heavy atom. The zero-order valence-electron chi connectivity index (χ0n) is 17.1. The number of sulfonamides is 1. The minimum absolute atomic E-state index is 0.0567. The number of aryl methyl sites for hydroxylation is 2. The summed E-state index contributed by atoms with van der Waals surface area (Å²) in [5.41, 5.74) is 3.21. The summed E-state index contributed by atoms with van der Waals surface area (Å²) < 4.78 is 25.7. The molecule has 160 valence electrons. The molecule has 1 saturated heterocycles. The van der Waals surface area contributed by atoms with Gasteiger partial charge in [-0.1, -0.05) is 23.7 Å².